The smallest absolute Gasteiger partial charge is 0.351 e. The number of rotatable bonds is 6. The Morgan fingerprint density at radius 3 is 2.06 bits per heavy atom. The fraction of sp³-hybridized carbons (Fsp3) is 0.417. The molecule has 2 aromatic carbocycles. The van der Waals surface area contributed by atoms with Crippen LogP contribution in [0.4, 0.5) is 13.2 Å². The van der Waals surface area contributed by atoms with Crippen LogP contribution in [0.25, 0.3) is 0 Å². The highest BCUT2D eigenvalue weighted by atomic mass is 19.4. The van der Waals surface area contributed by atoms with Gasteiger partial charge in [0.1, 0.15) is 11.2 Å². The van der Waals surface area contributed by atoms with Crippen LogP contribution in [-0.4, -0.2) is 17.2 Å². The van der Waals surface area contributed by atoms with Gasteiger partial charge in [-0.25, -0.2) is 0 Å². The predicted molar refractivity (Wildman–Crippen MR) is 110 cm³/mol. The van der Waals surface area contributed by atoms with Crippen molar-refractivity contribution < 1.29 is 22.8 Å². The minimum atomic E-state index is -4.39. The van der Waals surface area contributed by atoms with Crippen molar-refractivity contribution in [1.29, 1.82) is 0 Å². The molecule has 0 spiro atoms. The van der Waals surface area contributed by atoms with Gasteiger partial charge >= 0.3 is 6.18 Å². The Hall–Kier alpha value is -2.67. The largest absolute Gasteiger partial charge is 0.416 e. The molecule has 0 atom stereocenters. The van der Waals surface area contributed by atoms with Crippen molar-refractivity contribution in [2.24, 2.45) is 5.41 Å². The summed E-state index contributed by atoms with van der Waals surface area (Å²) >= 11 is 0. The average Bonchev–Trinajstić information content (AvgIpc) is 2.77. The van der Waals surface area contributed by atoms with E-state index in [0.717, 1.165) is 30.5 Å². The van der Waals surface area contributed by atoms with Crippen LogP contribution < -0.4 is 10.6 Å². The molecule has 0 aromatic heterocycles. The van der Waals surface area contributed by atoms with Gasteiger partial charge in [-0.15, -0.1) is 0 Å². The average molecular weight is 430 g/mol. The number of amides is 1. The van der Waals surface area contributed by atoms with Crippen molar-refractivity contribution in [3.63, 3.8) is 0 Å². The molecule has 1 amide bonds. The van der Waals surface area contributed by atoms with Crippen LogP contribution in [0.1, 0.15) is 48.8 Å². The van der Waals surface area contributed by atoms with Gasteiger partial charge in [0.2, 0.25) is 5.91 Å². The summed E-state index contributed by atoms with van der Waals surface area (Å²) in [6, 6.07) is 14.7. The van der Waals surface area contributed by atoms with E-state index in [4.69, 9.17) is 0 Å². The van der Waals surface area contributed by atoms with Gasteiger partial charge < -0.3 is 10.6 Å². The number of Topliss-reactive ketones (excluding diaryl/α,β-unsaturated/α-hetero) is 1. The molecule has 2 N–H and O–H groups in total. The van der Waals surface area contributed by atoms with Gasteiger partial charge in [0.15, 0.2) is 0 Å². The van der Waals surface area contributed by atoms with E-state index in [-0.39, 0.29) is 23.8 Å². The van der Waals surface area contributed by atoms with E-state index in [1.165, 1.54) is 12.1 Å². The summed E-state index contributed by atoms with van der Waals surface area (Å²) in [6.45, 7) is 0.782. The lowest BCUT2D eigenvalue weighted by molar-refractivity contribution is -0.152. The standard InChI is InChI=1S/C24H25F3N2O2/c25-24(26,27)19-8-6-18(7-9-19)15-28-21(31)23-12-10-22(11-13-23,14-20(23)30)29-16-17-4-2-1-3-5-17/h1-9,29H,10-16H2,(H,28,31). The van der Waals surface area contributed by atoms with Gasteiger partial charge in [-0.3, -0.25) is 9.59 Å². The van der Waals surface area contributed by atoms with Crippen molar-refractivity contribution >= 4 is 11.7 Å². The van der Waals surface area contributed by atoms with E-state index in [1.54, 1.807) is 0 Å². The SMILES string of the molecule is O=C1CC2(NCc3ccccc3)CCC1(C(=O)NCc1ccc(C(F)(F)F)cc1)CC2. The van der Waals surface area contributed by atoms with Crippen LogP contribution in [0, 0.1) is 5.41 Å². The third kappa shape index (κ3) is 4.37. The van der Waals surface area contributed by atoms with Crippen molar-refractivity contribution in [2.75, 3.05) is 0 Å². The minimum Gasteiger partial charge on any atom is -0.351 e. The fourth-order valence-corrected chi connectivity index (χ4v) is 4.73. The summed E-state index contributed by atoms with van der Waals surface area (Å²) in [4.78, 5) is 25.9. The minimum absolute atomic E-state index is 0.0459. The van der Waals surface area contributed by atoms with Gasteiger partial charge in [0.05, 0.1) is 5.56 Å². The highest BCUT2D eigenvalue weighted by Gasteiger charge is 2.57. The fourth-order valence-electron chi connectivity index (χ4n) is 4.73. The molecule has 0 unspecified atom stereocenters. The molecule has 3 saturated carbocycles. The summed E-state index contributed by atoms with van der Waals surface area (Å²) in [7, 11) is 0. The van der Waals surface area contributed by atoms with Gasteiger partial charge in [-0.2, -0.15) is 13.2 Å². The molecule has 31 heavy (non-hydrogen) atoms. The maximum absolute atomic E-state index is 13.0. The first-order chi connectivity index (χ1) is 14.7. The number of hydrogen-bond donors (Lipinski definition) is 2. The van der Waals surface area contributed by atoms with Crippen LogP contribution in [0.2, 0.25) is 0 Å². The van der Waals surface area contributed by atoms with Crippen LogP contribution in [-0.2, 0) is 28.9 Å². The quantitative estimate of drug-likeness (QED) is 0.669. The van der Waals surface area contributed by atoms with Crippen LogP contribution >= 0.6 is 0 Å². The van der Waals surface area contributed by atoms with Crippen LogP contribution in [0.3, 0.4) is 0 Å². The number of fused-ring (bicyclic) bond motifs is 3. The number of halogens is 3. The third-order valence-corrected chi connectivity index (χ3v) is 6.77. The molecule has 7 heteroatoms. The first-order valence-corrected chi connectivity index (χ1v) is 10.5. The van der Waals surface area contributed by atoms with E-state index in [1.807, 2.05) is 30.3 Å². The summed E-state index contributed by atoms with van der Waals surface area (Å²) < 4.78 is 38.1. The molecular formula is C24H25F3N2O2. The lowest BCUT2D eigenvalue weighted by atomic mass is 9.56. The predicted octanol–water partition coefficient (Wildman–Crippen LogP) is 4.38. The molecule has 0 saturated heterocycles. The third-order valence-electron chi connectivity index (χ3n) is 6.77. The maximum atomic E-state index is 13.0. The number of carbonyl (C=O) groups is 2. The Balaban J connectivity index is 1.35. The van der Waals surface area contributed by atoms with Gasteiger partial charge in [-0.1, -0.05) is 42.5 Å². The molecule has 2 aromatic rings. The Morgan fingerprint density at radius 2 is 1.48 bits per heavy atom. The summed E-state index contributed by atoms with van der Waals surface area (Å²) in [5, 5.41) is 6.34. The molecule has 164 valence electrons. The zero-order valence-corrected chi connectivity index (χ0v) is 17.1. The van der Waals surface area contributed by atoms with E-state index in [9.17, 15) is 22.8 Å². The zero-order chi connectivity index (χ0) is 22.1. The Labute approximate surface area is 179 Å². The van der Waals surface area contributed by atoms with Crippen molar-refractivity contribution in [3.8, 4) is 0 Å². The highest BCUT2D eigenvalue weighted by molar-refractivity contribution is 6.07. The van der Waals surface area contributed by atoms with E-state index in [2.05, 4.69) is 10.6 Å². The molecule has 0 aliphatic heterocycles. The number of alkyl halides is 3. The van der Waals surface area contributed by atoms with Gasteiger partial charge in [0, 0.05) is 25.0 Å². The molecule has 4 nitrogen and oxygen atoms in total. The number of hydrogen-bond acceptors (Lipinski definition) is 3. The molecule has 2 bridgehead atoms. The summed E-state index contributed by atoms with van der Waals surface area (Å²) in [6.07, 6.45) is -1.58. The second-order valence-electron chi connectivity index (χ2n) is 8.68. The normalized spacial score (nSPS) is 25.5. The number of benzene rings is 2. The molecule has 3 fully saturated rings. The molecular weight excluding hydrogens is 405 g/mol. The number of nitrogens with one attached hydrogen (secondary N) is 2. The van der Waals surface area contributed by atoms with Crippen molar-refractivity contribution in [2.45, 2.75) is 56.9 Å². The van der Waals surface area contributed by atoms with E-state index < -0.39 is 17.2 Å². The van der Waals surface area contributed by atoms with Crippen LogP contribution in [0.15, 0.2) is 54.6 Å². The topological polar surface area (TPSA) is 58.2 Å². The van der Waals surface area contributed by atoms with Crippen molar-refractivity contribution in [3.05, 3.63) is 71.3 Å². The molecule has 3 aliphatic rings. The second-order valence-corrected chi connectivity index (χ2v) is 8.68. The molecule has 0 heterocycles. The monoisotopic (exact) mass is 430 g/mol. The second kappa shape index (κ2) is 8.11. The molecule has 3 aliphatic carbocycles. The lowest BCUT2D eigenvalue weighted by Crippen LogP contribution is -2.62. The van der Waals surface area contributed by atoms with Crippen molar-refractivity contribution in [1.82, 2.24) is 10.6 Å². The first-order valence-electron chi connectivity index (χ1n) is 10.5. The highest BCUT2D eigenvalue weighted by Crippen LogP contribution is 2.50. The zero-order valence-electron chi connectivity index (χ0n) is 17.1. The Bertz CT molecular complexity index is 947. The first kappa shape index (κ1) is 21.6. The van der Waals surface area contributed by atoms with Crippen LogP contribution in [0.5, 0.6) is 0 Å². The summed E-state index contributed by atoms with van der Waals surface area (Å²) in [5.41, 5.74) is -0.281. The maximum Gasteiger partial charge on any atom is 0.416 e. The molecule has 0 radical (unpaired) electrons. The summed E-state index contributed by atoms with van der Waals surface area (Å²) in [5.74, 6) is -0.357. The Kier molecular flexibility index (Phi) is 5.64. The van der Waals surface area contributed by atoms with E-state index in [0.29, 0.717) is 31.4 Å². The van der Waals surface area contributed by atoms with Gasteiger partial charge in [-0.05, 0) is 48.9 Å². The lowest BCUT2D eigenvalue weighted by Gasteiger charge is -2.51. The van der Waals surface area contributed by atoms with Gasteiger partial charge in [0.25, 0.3) is 0 Å². The number of carbonyl (C=O) groups excluding carboxylic acids is 2. The van der Waals surface area contributed by atoms with E-state index >= 15 is 0 Å². The number of ketones is 1. The Morgan fingerprint density at radius 1 is 0.871 bits per heavy atom. The molecule has 5 rings (SSSR count).